The van der Waals surface area contributed by atoms with Gasteiger partial charge >= 0.3 is 21.7 Å². The van der Waals surface area contributed by atoms with E-state index < -0.39 is 8.07 Å². The van der Waals surface area contributed by atoms with Crippen molar-refractivity contribution in [1.29, 1.82) is 0 Å². The van der Waals surface area contributed by atoms with E-state index in [1.165, 1.54) is 11.1 Å². The maximum atomic E-state index is 2.39. The molecular formula is C15H19Cl3SiTi. The number of hydrogen-bond acceptors (Lipinski definition) is 0. The average molecular weight is 382 g/mol. The first-order valence-electron chi connectivity index (χ1n) is 5.86. The van der Waals surface area contributed by atoms with E-state index in [0.29, 0.717) is 0 Å². The topological polar surface area (TPSA) is 0 Å². The van der Waals surface area contributed by atoms with Crippen LogP contribution >= 0.6 is 0 Å². The summed E-state index contributed by atoms with van der Waals surface area (Å²) in [7, 11) is -1.14. The second-order valence-electron chi connectivity index (χ2n) is 5.42. The minimum Gasteiger partial charge on any atom is -1.00 e. The Morgan fingerprint density at radius 3 is 1.70 bits per heavy atom. The van der Waals surface area contributed by atoms with Crippen molar-refractivity contribution in [1.82, 2.24) is 0 Å². The van der Waals surface area contributed by atoms with Crippen LogP contribution in [0.3, 0.4) is 0 Å². The first-order chi connectivity index (χ1) is 7.55. The summed E-state index contributed by atoms with van der Waals surface area (Å²) >= 11 is 0. The van der Waals surface area contributed by atoms with Crippen LogP contribution in [0, 0.1) is 0 Å². The molecule has 0 aliphatic heterocycles. The predicted octanol–water partition coefficient (Wildman–Crippen LogP) is -5.45. The number of rotatable bonds is 3. The smallest absolute Gasteiger partial charge is 1.00 e. The Hall–Kier alpha value is 0.371. The number of hydrogen-bond donors (Lipinski definition) is 0. The Morgan fingerprint density at radius 1 is 0.850 bits per heavy atom. The van der Waals surface area contributed by atoms with Crippen LogP contribution in [0.25, 0.3) is 0 Å². The molecule has 0 aliphatic carbocycles. The van der Waals surface area contributed by atoms with Crippen LogP contribution < -0.4 is 42.4 Å². The maximum absolute atomic E-state index is 2.39. The quantitative estimate of drug-likeness (QED) is 0.368. The zero-order chi connectivity index (χ0) is 11.6. The van der Waals surface area contributed by atoms with Gasteiger partial charge in [-0.15, -0.1) is 0 Å². The van der Waals surface area contributed by atoms with Gasteiger partial charge in [0.05, 0.1) is 8.07 Å². The van der Waals surface area contributed by atoms with Gasteiger partial charge in [0.25, 0.3) is 0 Å². The van der Waals surface area contributed by atoms with Gasteiger partial charge in [0.15, 0.2) is 0 Å². The summed E-state index contributed by atoms with van der Waals surface area (Å²) in [5.41, 5.74) is 2.81. The third kappa shape index (κ3) is 7.40. The summed E-state index contributed by atoms with van der Waals surface area (Å²) < 4.78 is 0. The van der Waals surface area contributed by atoms with Crippen molar-refractivity contribution in [2.75, 3.05) is 0 Å². The SMILES string of the molecule is C[Si](C)(C)c1ccc(C[c-]2cccc2)cc1.[Cl-].[Cl-].[Cl-].[Ti+4]. The van der Waals surface area contributed by atoms with Crippen molar-refractivity contribution >= 4 is 13.3 Å². The molecule has 108 valence electrons. The van der Waals surface area contributed by atoms with E-state index >= 15 is 0 Å². The fourth-order valence-corrected chi connectivity index (χ4v) is 3.06. The molecule has 0 amide bonds. The Bertz CT molecular complexity index is 447. The van der Waals surface area contributed by atoms with Crippen LogP contribution in [-0.2, 0) is 28.1 Å². The molecule has 0 atom stereocenters. The van der Waals surface area contributed by atoms with Crippen LogP contribution in [-0.4, -0.2) is 8.07 Å². The van der Waals surface area contributed by atoms with Crippen LogP contribution in [0.15, 0.2) is 48.5 Å². The molecule has 0 unspecified atom stereocenters. The molecule has 0 saturated heterocycles. The molecule has 0 aliphatic rings. The molecule has 0 N–H and O–H groups in total. The first kappa shape index (κ1) is 25.3. The molecule has 2 aromatic carbocycles. The summed E-state index contributed by atoms with van der Waals surface area (Å²) in [4.78, 5) is 0. The Morgan fingerprint density at radius 2 is 1.30 bits per heavy atom. The van der Waals surface area contributed by atoms with Gasteiger partial charge in [-0.05, 0) is 6.42 Å². The summed E-state index contributed by atoms with van der Waals surface area (Å²) in [5.74, 6) is 0. The standard InChI is InChI=1S/C15H19Si.3ClH.Ti/c1-16(2,3)15-10-8-14(9-11-15)12-13-6-4-5-7-13;;;;/h4-11H,12H2,1-3H3;3*1H;/q-1;;;;+4/p-3. The molecule has 2 rings (SSSR count). The van der Waals surface area contributed by atoms with Crippen molar-refractivity contribution in [2.24, 2.45) is 0 Å². The van der Waals surface area contributed by atoms with Gasteiger partial charge in [-0.3, -0.25) is 0 Å². The van der Waals surface area contributed by atoms with Gasteiger partial charge in [-0.2, -0.15) is 17.7 Å². The van der Waals surface area contributed by atoms with Crippen molar-refractivity contribution in [2.45, 2.75) is 26.1 Å². The molecule has 0 aromatic heterocycles. The van der Waals surface area contributed by atoms with Crippen molar-refractivity contribution in [3.05, 3.63) is 59.7 Å². The van der Waals surface area contributed by atoms with E-state index in [1.807, 2.05) is 0 Å². The minimum absolute atomic E-state index is 0. The van der Waals surface area contributed by atoms with Crippen molar-refractivity contribution in [3.63, 3.8) is 0 Å². The summed E-state index contributed by atoms with van der Waals surface area (Å²) in [6.45, 7) is 7.16. The Balaban J connectivity index is -0.000000722. The second-order valence-corrected chi connectivity index (χ2v) is 10.5. The van der Waals surface area contributed by atoms with Crippen LogP contribution in [0.2, 0.25) is 19.6 Å². The third-order valence-electron chi connectivity index (χ3n) is 2.96. The molecule has 2 aromatic rings. The zero-order valence-corrected chi connectivity index (χ0v) is 16.8. The second kappa shape index (κ2) is 11.0. The van der Waals surface area contributed by atoms with Crippen molar-refractivity contribution in [3.8, 4) is 0 Å². The van der Waals surface area contributed by atoms with Crippen molar-refractivity contribution < 1.29 is 58.9 Å². The Labute approximate surface area is 157 Å². The molecular weight excluding hydrogens is 362 g/mol. The fourth-order valence-electron chi connectivity index (χ4n) is 1.89. The van der Waals surface area contributed by atoms with Gasteiger partial charge < -0.3 is 37.2 Å². The van der Waals surface area contributed by atoms with Crippen LogP contribution in [0.1, 0.15) is 11.1 Å². The van der Waals surface area contributed by atoms with E-state index in [2.05, 4.69) is 68.2 Å². The molecule has 20 heavy (non-hydrogen) atoms. The Kier molecular flexibility index (Phi) is 13.9. The molecule has 0 fully saturated rings. The molecule has 0 nitrogen and oxygen atoms in total. The molecule has 5 heteroatoms. The monoisotopic (exact) mass is 380 g/mol. The van der Waals surface area contributed by atoms with E-state index in [0.717, 1.165) is 6.42 Å². The zero-order valence-electron chi connectivity index (χ0n) is 12.0. The number of halogens is 3. The van der Waals surface area contributed by atoms with Gasteiger partial charge in [-0.25, -0.2) is 12.1 Å². The molecule has 0 heterocycles. The van der Waals surface area contributed by atoms with E-state index in [9.17, 15) is 0 Å². The molecule has 0 radical (unpaired) electrons. The summed E-state index contributed by atoms with van der Waals surface area (Å²) in [6, 6.07) is 17.8. The van der Waals surface area contributed by atoms with E-state index in [4.69, 9.17) is 0 Å². The third-order valence-corrected chi connectivity index (χ3v) is 5.03. The molecule has 0 spiro atoms. The predicted molar refractivity (Wildman–Crippen MR) is 74.3 cm³/mol. The normalized spacial score (nSPS) is 9.35. The maximum Gasteiger partial charge on any atom is 4.00 e. The van der Waals surface area contributed by atoms with Gasteiger partial charge in [0.1, 0.15) is 0 Å². The minimum atomic E-state index is -1.14. The number of benzene rings is 1. The molecule has 0 bridgehead atoms. The average Bonchev–Trinajstić information content (AvgIpc) is 2.70. The van der Waals surface area contributed by atoms with E-state index in [-0.39, 0.29) is 58.9 Å². The van der Waals surface area contributed by atoms with Gasteiger partial charge in [-0.1, -0.05) is 54.7 Å². The first-order valence-corrected chi connectivity index (χ1v) is 9.36. The largest absolute Gasteiger partial charge is 4.00 e. The van der Waals surface area contributed by atoms with Crippen LogP contribution in [0.4, 0.5) is 0 Å². The van der Waals surface area contributed by atoms with E-state index in [1.54, 1.807) is 5.19 Å². The molecule has 0 saturated carbocycles. The van der Waals surface area contributed by atoms with Gasteiger partial charge in [0.2, 0.25) is 0 Å². The summed E-state index contributed by atoms with van der Waals surface area (Å²) in [6.07, 6.45) is 1.05. The fraction of sp³-hybridized carbons (Fsp3) is 0.267. The van der Waals surface area contributed by atoms with Gasteiger partial charge in [0, 0.05) is 0 Å². The summed E-state index contributed by atoms with van der Waals surface area (Å²) in [5, 5.41) is 1.54. The van der Waals surface area contributed by atoms with Crippen LogP contribution in [0.5, 0.6) is 0 Å².